The second-order valence-electron chi connectivity index (χ2n) is 5.41. The highest BCUT2D eigenvalue weighted by Gasteiger charge is 2.33. The second kappa shape index (κ2) is 5.85. The van der Waals surface area contributed by atoms with E-state index in [0.29, 0.717) is 17.1 Å². The van der Waals surface area contributed by atoms with Crippen molar-refractivity contribution >= 4 is 27.1 Å². The van der Waals surface area contributed by atoms with Crippen LogP contribution in [-0.4, -0.2) is 42.2 Å². The summed E-state index contributed by atoms with van der Waals surface area (Å²) < 4.78 is 23.8. The maximum Gasteiger partial charge on any atom is 0.264 e. The molecule has 6 nitrogen and oxygen atoms in total. The summed E-state index contributed by atoms with van der Waals surface area (Å²) in [6.45, 7) is 0.629. The Bertz CT molecular complexity index is 765. The van der Waals surface area contributed by atoms with Gasteiger partial charge in [-0.05, 0) is 30.7 Å². The van der Waals surface area contributed by atoms with E-state index in [4.69, 9.17) is 0 Å². The second-order valence-corrected chi connectivity index (χ2v) is 8.34. The van der Waals surface area contributed by atoms with Gasteiger partial charge in [0.15, 0.2) is 9.84 Å². The summed E-state index contributed by atoms with van der Waals surface area (Å²) >= 11 is 1.40. The third-order valence-electron chi connectivity index (χ3n) is 3.86. The molecular formula is C14H17N3O3S2. The van der Waals surface area contributed by atoms with Crippen LogP contribution in [0.3, 0.4) is 0 Å². The molecule has 1 atom stereocenters. The lowest BCUT2D eigenvalue weighted by Crippen LogP contribution is -2.38. The largest absolute Gasteiger partial charge is 0.329 e. The monoisotopic (exact) mass is 339 g/mol. The Morgan fingerprint density at radius 1 is 1.45 bits per heavy atom. The van der Waals surface area contributed by atoms with E-state index < -0.39 is 9.84 Å². The Morgan fingerprint density at radius 2 is 2.27 bits per heavy atom. The van der Waals surface area contributed by atoms with Crippen molar-refractivity contribution in [3.63, 3.8) is 0 Å². The van der Waals surface area contributed by atoms with Crippen LogP contribution in [0.5, 0.6) is 0 Å². The van der Waals surface area contributed by atoms with Crippen molar-refractivity contribution in [3.05, 3.63) is 34.3 Å². The van der Waals surface area contributed by atoms with Crippen LogP contribution in [-0.2, 0) is 9.84 Å². The number of likely N-dealkylation sites (tertiary alicyclic amines) is 1. The van der Waals surface area contributed by atoms with Gasteiger partial charge in [-0.3, -0.25) is 9.89 Å². The molecular weight excluding hydrogens is 322 g/mol. The number of thiophene rings is 1. The molecule has 0 bridgehead atoms. The summed E-state index contributed by atoms with van der Waals surface area (Å²) in [5, 5.41) is 8.54. The predicted molar refractivity (Wildman–Crippen MR) is 83.6 cm³/mol. The SMILES string of the molecule is CS(=O)(=O)c1cn[nH]c1[C@H]1CCCCN1C(=O)c1cccs1. The van der Waals surface area contributed by atoms with Crippen LogP contribution in [0.15, 0.2) is 28.6 Å². The summed E-state index contributed by atoms with van der Waals surface area (Å²) in [6, 6.07) is 3.37. The predicted octanol–water partition coefficient (Wildman–Crippen LogP) is 2.24. The van der Waals surface area contributed by atoms with E-state index in [1.807, 2.05) is 11.4 Å². The van der Waals surface area contributed by atoms with Crippen LogP contribution in [0.1, 0.15) is 40.7 Å². The van der Waals surface area contributed by atoms with Gasteiger partial charge in [0.05, 0.1) is 22.8 Å². The van der Waals surface area contributed by atoms with E-state index in [1.54, 1.807) is 11.0 Å². The molecule has 1 aliphatic heterocycles. The highest BCUT2D eigenvalue weighted by molar-refractivity contribution is 7.90. The molecule has 0 aromatic carbocycles. The molecule has 1 N–H and O–H groups in total. The van der Waals surface area contributed by atoms with E-state index in [2.05, 4.69) is 10.2 Å². The summed E-state index contributed by atoms with van der Waals surface area (Å²) in [4.78, 5) is 15.3. The fourth-order valence-corrected chi connectivity index (χ4v) is 4.34. The van der Waals surface area contributed by atoms with E-state index in [-0.39, 0.29) is 16.8 Å². The zero-order chi connectivity index (χ0) is 15.7. The molecule has 8 heteroatoms. The molecule has 1 saturated heterocycles. The fourth-order valence-electron chi connectivity index (χ4n) is 2.84. The third-order valence-corrected chi connectivity index (χ3v) is 5.84. The lowest BCUT2D eigenvalue weighted by molar-refractivity contribution is 0.0607. The highest BCUT2D eigenvalue weighted by atomic mass is 32.2. The van der Waals surface area contributed by atoms with Crippen molar-refractivity contribution in [1.82, 2.24) is 15.1 Å². The number of nitrogens with one attached hydrogen (secondary N) is 1. The number of amides is 1. The van der Waals surface area contributed by atoms with Crippen molar-refractivity contribution < 1.29 is 13.2 Å². The average Bonchev–Trinajstić information content (AvgIpc) is 3.17. The molecule has 1 aliphatic rings. The minimum Gasteiger partial charge on any atom is -0.329 e. The standard InChI is InChI=1S/C14H17N3O3S2/c1-22(19,20)12-9-15-16-13(12)10-5-2-3-7-17(10)14(18)11-6-4-8-21-11/h4,6,8-10H,2-3,5,7H2,1H3,(H,15,16)/t10-/m1/s1. The first-order valence-corrected chi connectivity index (χ1v) is 9.83. The van der Waals surface area contributed by atoms with Crippen molar-refractivity contribution in [1.29, 1.82) is 0 Å². The summed E-state index contributed by atoms with van der Waals surface area (Å²) in [5.74, 6) is -0.0475. The maximum atomic E-state index is 12.7. The van der Waals surface area contributed by atoms with Crippen LogP contribution in [0, 0.1) is 0 Å². The summed E-state index contributed by atoms with van der Waals surface area (Å²) in [7, 11) is -3.37. The lowest BCUT2D eigenvalue weighted by Gasteiger charge is -2.35. The number of carbonyl (C=O) groups is 1. The zero-order valence-electron chi connectivity index (χ0n) is 12.2. The van der Waals surface area contributed by atoms with Crippen molar-refractivity contribution in [2.45, 2.75) is 30.2 Å². The number of hydrogen-bond donors (Lipinski definition) is 1. The molecule has 2 aromatic rings. The average molecular weight is 339 g/mol. The van der Waals surface area contributed by atoms with Gasteiger partial charge >= 0.3 is 0 Å². The normalized spacial score (nSPS) is 19.3. The Hall–Kier alpha value is -1.67. The first kappa shape index (κ1) is 15.2. The third kappa shape index (κ3) is 2.80. The van der Waals surface area contributed by atoms with Gasteiger partial charge in [-0.1, -0.05) is 6.07 Å². The van der Waals surface area contributed by atoms with Crippen LogP contribution in [0.2, 0.25) is 0 Å². The zero-order valence-corrected chi connectivity index (χ0v) is 13.8. The maximum absolute atomic E-state index is 12.7. The summed E-state index contributed by atoms with van der Waals surface area (Å²) in [5.41, 5.74) is 0.520. The van der Waals surface area contributed by atoms with Gasteiger partial charge in [0, 0.05) is 12.8 Å². The van der Waals surface area contributed by atoms with Gasteiger partial charge in [0.25, 0.3) is 5.91 Å². The van der Waals surface area contributed by atoms with Gasteiger partial charge in [0.1, 0.15) is 4.90 Å². The van der Waals surface area contributed by atoms with Crippen LogP contribution >= 0.6 is 11.3 Å². The van der Waals surface area contributed by atoms with Crippen LogP contribution in [0.4, 0.5) is 0 Å². The molecule has 22 heavy (non-hydrogen) atoms. The van der Waals surface area contributed by atoms with E-state index in [0.717, 1.165) is 25.5 Å². The van der Waals surface area contributed by atoms with Crippen molar-refractivity contribution in [2.75, 3.05) is 12.8 Å². The van der Waals surface area contributed by atoms with Gasteiger partial charge in [-0.25, -0.2) is 8.42 Å². The molecule has 0 radical (unpaired) electrons. The molecule has 1 fully saturated rings. The highest BCUT2D eigenvalue weighted by Crippen LogP contribution is 2.34. The fraction of sp³-hybridized carbons (Fsp3) is 0.429. The number of H-pyrrole nitrogens is 1. The Labute approximate surface area is 133 Å². The Kier molecular flexibility index (Phi) is 4.05. The van der Waals surface area contributed by atoms with E-state index >= 15 is 0 Å². The van der Waals surface area contributed by atoms with Crippen molar-refractivity contribution in [2.24, 2.45) is 0 Å². The summed E-state index contributed by atoms with van der Waals surface area (Å²) in [6.07, 6.45) is 5.11. The van der Waals surface area contributed by atoms with Crippen molar-refractivity contribution in [3.8, 4) is 0 Å². The Balaban J connectivity index is 1.97. The van der Waals surface area contributed by atoms with Gasteiger partial charge in [0.2, 0.25) is 0 Å². The van der Waals surface area contributed by atoms with Gasteiger partial charge in [-0.15, -0.1) is 11.3 Å². The van der Waals surface area contributed by atoms with E-state index in [1.165, 1.54) is 17.5 Å². The van der Waals surface area contributed by atoms with Gasteiger partial charge in [-0.2, -0.15) is 5.10 Å². The molecule has 0 spiro atoms. The minimum absolute atomic E-state index is 0.0475. The first-order valence-electron chi connectivity index (χ1n) is 7.06. The topological polar surface area (TPSA) is 83.1 Å². The number of sulfone groups is 1. The molecule has 1 amide bonds. The number of piperidine rings is 1. The molecule has 0 unspecified atom stereocenters. The molecule has 3 heterocycles. The molecule has 0 aliphatic carbocycles. The smallest absolute Gasteiger partial charge is 0.264 e. The molecule has 3 rings (SSSR count). The van der Waals surface area contributed by atoms with Crippen LogP contribution in [0.25, 0.3) is 0 Å². The first-order chi connectivity index (χ1) is 10.5. The number of hydrogen-bond acceptors (Lipinski definition) is 5. The molecule has 2 aromatic heterocycles. The van der Waals surface area contributed by atoms with Crippen LogP contribution < -0.4 is 0 Å². The minimum atomic E-state index is -3.37. The van der Waals surface area contributed by atoms with Gasteiger partial charge < -0.3 is 4.90 Å². The Morgan fingerprint density at radius 3 is 2.95 bits per heavy atom. The molecule has 0 saturated carbocycles. The number of nitrogens with zero attached hydrogens (tertiary/aromatic N) is 2. The number of aromatic nitrogens is 2. The number of rotatable bonds is 3. The number of aromatic amines is 1. The lowest BCUT2D eigenvalue weighted by atomic mass is 9.99. The number of carbonyl (C=O) groups excluding carboxylic acids is 1. The molecule has 118 valence electrons. The quantitative estimate of drug-likeness (QED) is 0.929. The van der Waals surface area contributed by atoms with E-state index in [9.17, 15) is 13.2 Å².